The fourth-order valence-corrected chi connectivity index (χ4v) is 3.80. The van der Waals surface area contributed by atoms with Gasteiger partial charge in [0.05, 0.1) is 12.3 Å². The van der Waals surface area contributed by atoms with Crippen LogP contribution < -0.4 is 15.4 Å². The molecule has 0 radical (unpaired) electrons. The van der Waals surface area contributed by atoms with Gasteiger partial charge in [-0.2, -0.15) is 8.42 Å². The number of sulfonamides is 1. The van der Waals surface area contributed by atoms with Crippen molar-refractivity contribution in [2.24, 2.45) is 11.8 Å². The van der Waals surface area contributed by atoms with Crippen LogP contribution in [-0.2, 0) is 29.7 Å². The number of amides is 2. The second kappa shape index (κ2) is 10.5. The molecule has 0 saturated heterocycles. The smallest absolute Gasteiger partial charge is 0.294 e. The SMILES string of the molecule is CC(C)CC(NC(=O)[C@H](C)NC(=O)[C@@H](NS(C)(=O)=O)C(C)C)C(O)S(=O)(=O)O. The maximum absolute atomic E-state index is 12.3. The van der Waals surface area contributed by atoms with Crippen molar-refractivity contribution < 1.29 is 36.1 Å². The number of rotatable bonds is 11. The van der Waals surface area contributed by atoms with Gasteiger partial charge >= 0.3 is 0 Å². The third-order valence-corrected chi connectivity index (χ3v) is 5.37. The van der Waals surface area contributed by atoms with E-state index in [1.165, 1.54) is 6.92 Å². The van der Waals surface area contributed by atoms with E-state index >= 15 is 0 Å². The second-order valence-corrected chi connectivity index (χ2v) is 10.8. The van der Waals surface area contributed by atoms with Crippen LogP contribution in [0.25, 0.3) is 0 Å². The fraction of sp³-hybridized carbons (Fsp3) is 0.867. The molecule has 0 fully saturated rings. The summed E-state index contributed by atoms with van der Waals surface area (Å²) in [6.07, 6.45) is 0.955. The molecular weight excluding hydrogens is 414 g/mol. The summed E-state index contributed by atoms with van der Waals surface area (Å²) in [4.78, 5) is 24.7. The highest BCUT2D eigenvalue weighted by Crippen LogP contribution is 2.12. The van der Waals surface area contributed by atoms with Gasteiger partial charge in [-0.1, -0.05) is 27.7 Å². The Morgan fingerprint density at radius 3 is 1.79 bits per heavy atom. The molecule has 0 aliphatic heterocycles. The highest BCUT2D eigenvalue weighted by molar-refractivity contribution is 7.88. The molecule has 0 saturated carbocycles. The van der Waals surface area contributed by atoms with E-state index in [-0.39, 0.29) is 12.3 Å². The van der Waals surface area contributed by atoms with Crippen molar-refractivity contribution in [3.8, 4) is 0 Å². The first-order chi connectivity index (χ1) is 12.5. The molecule has 0 aliphatic carbocycles. The molecule has 0 rings (SSSR count). The summed E-state index contributed by atoms with van der Waals surface area (Å²) in [5.74, 6) is -2.06. The number of hydrogen-bond acceptors (Lipinski definition) is 7. The Balaban J connectivity index is 5.22. The lowest BCUT2D eigenvalue weighted by atomic mass is 10.0. The van der Waals surface area contributed by atoms with Crippen molar-refractivity contribution in [2.75, 3.05) is 6.26 Å². The summed E-state index contributed by atoms with van der Waals surface area (Å²) < 4.78 is 56.4. The average molecular weight is 446 g/mol. The van der Waals surface area contributed by atoms with Crippen molar-refractivity contribution in [3.05, 3.63) is 0 Å². The Kier molecular flexibility index (Phi) is 10.0. The minimum absolute atomic E-state index is 0.0532. The number of nitrogens with one attached hydrogen (secondary N) is 3. The standard InChI is InChI=1S/C15H31N3O8S2/c1-8(2)7-11(15(21)28(24,25)26)17-13(19)10(5)16-14(20)12(9(3)4)18-27(6,22)23/h8-12,15,18,21H,7H2,1-6H3,(H,16,20)(H,17,19)(H,24,25,26)/t10-,11?,12-,15?/m0/s1. The first-order valence-corrected chi connectivity index (χ1v) is 12.1. The summed E-state index contributed by atoms with van der Waals surface area (Å²) in [6, 6.07) is -3.56. The lowest BCUT2D eigenvalue weighted by Crippen LogP contribution is -2.56. The van der Waals surface area contributed by atoms with Gasteiger partial charge in [-0.25, -0.2) is 13.1 Å². The highest BCUT2D eigenvalue weighted by Gasteiger charge is 2.34. The minimum Gasteiger partial charge on any atom is -0.374 e. The normalized spacial score (nSPS) is 17.1. The molecule has 0 aromatic carbocycles. The molecule has 0 bridgehead atoms. The van der Waals surface area contributed by atoms with Gasteiger partial charge in [0, 0.05) is 0 Å². The molecule has 2 unspecified atom stereocenters. The van der Waals surface area contributed by atoms with Crippen LogP contribution in [0.2, 0.25) is 0 Å². The van der Waals surface area contributed by atoms with E-state index in [0.29, 0.717) is 0 Å². The monoisotopic (exact) mass is 445 g/mol. The number of aliphatic hydroxyl groups excluding tert-OH is 1. The van der Waals surface area contributed by atoms with Crippen LogP contribution in [0, 0.1) is 11.8 Å². The van der Waals surface area contributed by atoms with Crippen LogP contribution in [-0.4, -0.2) is 68.1 Å². The van der Waals surface area contributed by atoms with E-state index < -0.39 is 61.4 Å². The molecule has 0 aromatic heterocycles. The Bertz CT molecular complexity index is 749. The molecule has 0 heterocycles. The molecule has 28 heavy (non-hydrogen) atoms. The summed E-state index contributed by atoms with van der Waals surface area (Å²) in [5, 5.41) is 14.4. The summed E-state index contributed by atoms with van der Waals surface area (Å²) in [6.45, 7) is 8.01. The molecule has 0 aliphatic rings. The lowest BCUT2D eigenvalue weighted by molar-refractivity contribution is -0.130. The van der Waals surface area contributed by atoms with Crippen LogP contribution >= 0.6 is 0 Å². The molecule has 0 aromatic rings. The maximum Gasteiger partial charge on any atom is 0.294 e. The van der Waals surface area contributed by atoms with Gasteiger partial charge in [-0.05, 0) is 25.2 Å². The van der Waals surface area contributed by atoms with Gasteiger partial charge in [-0.15, -0.1) is 0 Å². The lowest BCUT2D eigenvalue weighted by Gasteiger charge is -2.27. The zero-order valence-electron chi connectivity index (χ0n) is 16.8. The van der Waals surface area contributed by atoms with Crippen molar-refractivity contribution in [1.82, 2.24) is 15.4 Å². The van der Waals surface area contributed by atoms with E-state index in [2.05, 4.69) is 15.4 Å². The van der Waals surface area contributed by atoms with Gasteiger partial charge in [0.1, 0.15) is 12.1 Å². The molecule has 0 spiro atoms. The van der Waals surface area contributed by atoms with Gasteiger partial charge in [0.2, 0.25) is 27.3 Å². The zero-order chi connectivity index (χ0) is 22.4. The molecule has 5 N–H and O–H groups in total. The predicted molar refractivity (Wildman–Crippen MR) is 103 cm³/mol. The third kappa shape index (κ3) is 9.78. The van der Waals surface area contributed by atoms with E-state index in [9.17, 15) is 31.5 Å². The molecule has 166 valence electrons. The van der Waals surface area contributed by atoms with Gasteiger partial charge < -0.3 is 15.7 Å². The second-order valence-electron chi connectivity index (χ2n) is 7.49. The average Bonchev–Trinajstić information content (AvgIpc) is 2.48. The Labute approximate surface area is 166 Å². The van der Waals surface area contributed by atoms with Crippen LogP contribution in [0.3, 0.4) is 0 Å². The number of hydrogen-bond donors (Lipinski definition) is 5. The Morgan fingerprint density at radius 1 is 0.929 bits per heavy atom. The van der Waals surface area contributed by atoms with Gasteiger partial charge in [0.25, 0.3) is 10.1 Å². The van der Waals surface area contributed by atoms with Crippen molar-refractivity contribution >= 4 is 32.0 Å². The van der Waals surface area contributed by atoms with E-state index in [1.807, 2.05) is 0 Å². The minimum atomic E-state index is -4.81. The first kappa shape index (κ1) is 26.7. The molecule has 2 amide bonds. The van der Waals surface area contributed by atoms with E-state index in [1.54, 1.807) is 27.7 Å². The molecular formula is C15H31N3O8S2. The van der Waals surface area contributed by atoms with Crippen molar-refractivity contribution in [2.45, 2.75) is 64.6 Å². The predicted octanol–water partition coefficient (Wildman–Crippen LogP) is -1.20. The summed E-state index contributed by atoms with van der Waals surface area (Å²) in [5.41, 5.74) is -2.22. The first-order valence-electron chi connectivity index (χ1n) is 8.68. The van der Waals surface area contributed by atoms with E-state index in [4.69, 9.17) is 4.55 Å². The Morgan fingerprint density at radius 2 is 1.43 bits per heavy atom. The van der Waals surface area contributed by atoms with E-state index in [0.717, 1.165) is 6.26 Å². The topological polar surface area (TPSA) is 179 Å². The van der Waals surface area contributed by atoms with Crippen LogP contribution in [0.15, 0.2) is 0 Å². The third-order valence-electron chi connectivity index (χ3n) is 3.74. The number of carbonyl (C=O) groups is 2. The Hall–Kier alpha value is -1.28. The summed E-state index contributed by atoms with van der Waals surface area (Å²) in [7, 11) is -8.48. The number of aliphatic hydroxyl groups is 1. The van der Waals surface area contributed by atoms with Crippen LogP contribution in [0.4, 0.5) is 0 Å². The zero-order valence-corrected chi connectivity index (χ0v) is 18.5. The summed E-state index contributed by atoms with van der Waals surface area (Å²) >= 11 is 0. The molecule has 11 nitrogen and oxygen atoms in total. The van der Waals surface area contributed by atoms with Gasteiger partial charge in [-0.3, -0.25) is 14.1 Å². The van der Waals surface area contributed by atoms with Gasteiger partial charge in [0.15, 0.2) is 0 Å². The molecule has 4 atom stereocenters. The fourth-order valence-electron chi connectivity index (χ4n) is 2.36. The molecule has 13 heteroatoms. The van der Waals surface area contributed by atoms with Crippen molar-refractivity contribution in [1.29, 1.82) is 0 Å². The number of carbonyl (C=O) groups excluding carboxylic acids is 2. The van der Waals surface area contributed by atoms with Crippen LogP contribution in [0.1, 0.15) is 41.0 Å². The quantitative estimate of drug-likeness (QED) is 0.246. The van der Waals surface area contributed by atoms with Crippen molar-refractivity contribution in [3.63, 3.8) is 0 Å². The van der Waals surface area contributed by atoms with Crippen LogP contribution in [0.5, 0.6) is 0 Å². The maximum atomic E-state index is 12.3. The highest BCUT2D eigenvalue weighted by atomic mass is 32.2. The largest absolute Gasteiger partial charge is 0.374 e.